The topological polar surface area (TPSA) is 0 Å². The van der Waals surface area contributed by atoms with Gasteiger partial charge in [0.15, 0.2) is 0 Å². The first-order valence-electron chi connectivity index (χ1n) is 9.15. The summed E-state index contributed by atoms with van der Waals surface area (Å²) in [5.41, 5.74) is 3.68. The van der Waals surface area contributed by atoms with Crippen molar-refractivity contribution in [1.29, 1.82) is 0 Å². The molecule has 1 fully saturated rings. The van der Waals surface area contributed by atoms with E-state index in [2.05, 4.69) is 31.2 Å². The second-order valence-electron chi connectivity index (χ2n) is 6.51. The number of hydrogen-bond acceptors (Lipinski definition) is 0. The zero-order valence-corrected chi connectivity index (χ0v) is 12.9. The fourth-order valence-corrected chi connectivity index (χ4v) is 3.43. The lowest BCUT2D eigenvalue weighted by atomic mass is 9.81. The van der Waals surface area contributed by atoms with Gasteiger partial charge in [0.05, 0.1) is 0 Å². The van der Waals surface area contributed by atoms with E-state index in [9.17, 15) is 0 Å². The summed E-state index contributed by atoms with van der Waals surface area (Å²) in [6, 6.07) is 18.5. The highest BCUT2D eigenvalue weighted by Crippen LogP contribution is 2.40. The second kappa shape index (κ2) is 6.47. The summed E-state index contributed by atoms with van der Waals surface area (Å²) >= 11 is 0. The summed E-state index contributed by atoms with van der Waals surface area (Å²) in [7, 11) is 0. The summed E-state index contributed by atoms with van der Waals surface area (Å²) in [5.74, 6) is 0. The van der Waals surface area contributed by atoms with Crippen LogP contribution in [0.2, 0.25) is 0 Å². The van der Waals surface area contributed by atoms with Gasteiger partial charge in [-0.05, 0) is 54.2 Å². The van der Waals surface area contributed by atoms with Crippen LogP contribution in [0.25, 0.3) is 0 Å². The molecule has 0 heteroatoms. The maximum Gasteiger partial charge on any atom is 0.0316 e. The Morgan fingerprint density at radius 3 is 2.24 bits per heavy atom. The minimum Gasteiger partial charge on any atom is -0.0622 e. The Hall–Kier alpha value is -1.56. The van der Waals surface area contributed by atoms with Gasteiger partial charge in [-0.25, -0.2) is 0 Å². The maximum atomic E-state index is 8.41. The van der Waals surface area contributed by atoms with Crippen molar-refractivity contribution in [3.8, 4) is 0 Å². The standard InChI is InChI=1S/C21H26/c1-21(16-5-6-17-21)20-14-12-19(13-15-20)11-7-10-18-8-3-2-4-9-18/h2-4,8-9,12-15H,5-7,10-11,16-17H2,1H3/i11D2. The first-order valence-corrected chi connectivity index (χ1v) is 8.15. The Bertz CT molecular complexity index is 623. The van der Waals surface area contributed by atoms with Crippen LogP contribution in [0.1, 0.15) is 58.5 Å². The smallest absolute Gasteiger partial charge is 0.0316 e. The van der Waals surface area contributed by atoms with Crippen molar-refractivity contribution in [2.75, 3.05) is 0 Å². The molecule has 110 valence electrons. The molecule has 3 rings (SSSR count). The Morgan fingerprint density at radius 2 is 1.57 bits per heavy atom. The fourth-order valence-electron chi connectivity index (χ4n) is 3.43. The third-order valence-electron chi connectivity index (χ3n) is 4.87. The molecule has 0 heterocycles. The molecular weight excluding hydrogens is 252 g/mol. The summed E-state index contributed by atoms with van der Waals surface area (Å²) in [6.07, 6.45) is 5.17. The first kappa shape index (κ1) is 12.0. The van der Waals surface area contributed by atoms with Gasteiger partial charge >= 0.3 is 0 Å². The average molecular weight is 280 g/mol. The largest absolute Gasteiger partial charge is 0.0622 e. The van der Waals surface area contributed by atoms with Crippen molar-refractivity contribution in [2.24, 2.45) is 0 Å². The van der Waals surface area contributed by atoms with E-state index in [0.717, 1.165) is 12.0 Å². The van der Waals surface area contributed by atoms with Crippen LogP contribution in [0.15, 0.2) is 54.6 Å². The van der Waals surface area contributed by atoms with Crippen molar-refractivity contribution >= 4 is 0 Å². The lowest BCUT2D eigenvalue weighted by Gasteiger charge is -2.24. The summed E-state index contributed by atoms with van der Waals surface area (Å²) in [4.78, 5) is 0. The molecule has 0 amide bonds. The van der Waals surface area contributed by atoms with Crippen LogP contribution >= 0.6 is 0 Å². The lowest BCUT2D eigenvalue weighted by Crippen LogP contribution is -2.16. The van der Waals surface area contributed by atoms with Gasteiger partial charge in [0.1, 0.15) is 0 Å². The highest BCUT2D eigenvalue weighted by molar-refractivity contribution is 5.29. The Kier molecular flexibility index (Phi) is 3.71. The van der Waals surface area contributed by atoms with E-state index in [1.54, 1.807) is 0 Å². The van der Waals surface area contributed by atoms with Crippen molar-refractivity contribution in [3.63, 3.8) is 0 Å². The van der Waals surface area contributed by atoms with Crippen molar-refractivity contribution < 1.29 is 2.74 Å². The van der Waals surface area contributed by atoms with Gasteiger partial charge in [-0.3, -0.25) is 0 Å². The van der Waals surface area contributed by atoms with Crippen LogP contribution in [-0.4, -0.2) is 0 Å². The normalized spacial score (nSPS) is 19.1. The number of rotatable bonds is 5. The van der Waals surface area contributed by atoms with E-state index in [4.69, 9.17) is 2.74 Å². The molecule has 0 saturated heterocycles. The van der Waals surface area contributed by atoms with Crippen LogP contribution in [0.4, 0.5) is 0 Å². The zero-order valence-electron chi connectivity index (χ0n) is 14.9. The molecule has 0 aromatic heterocycles. The molecule has 0 aliphatic heterocycles. The second-order valence-corrected chi connectivity index (χ2v) is 6.51. The molecule has 1 aliphatic rings. The molecule has 0 unspecified atom stereocenters. The van der Waals surface area contributed by atoms with Crippen LogP contribution in [0.3, 0.4) is 0 Å². The zero-order chi connectivity index (χ0) is 16.3. The minimum atomic E-state index is -1.27. The van der Waals surface area contributed by atoms with Crippen LogP contribution < -0.4 is 0 Å². The molecular formula is C21H26. The van der Waals surface area contributed by atoms with Crippen LogP contribution in [0, 0.1) is 0 Å². The Balaban J connectivity index is 1.70. The molecule has 2 aromatic carbocycles. The first-order chi connectivity index (χ1) is 11.0. The maximum absolute atomic E-state index is 8.41. The summed E-state index contributed by atoms with van der Waals surface area (Å²) in [6.45, 7) is 2.35. The molecule has 0 atom stereocenters. The molecule has 2 aromatic rings. The van der Waals surface area contributed by atoms with Gasteiger partial charge in [-0.15, -0.1) is 0 Å². The lowest BCUT2D eigenvalue weighted by molar-refractivity contribution is 0.491. The average Bonchev–Trinajstić information content (AvgIpc) is 3.02. The third kappa shape index (κ3) is 3.56. The predicted molar refractivity (Wildman–Crippen MR) is 90.7 cm³/mol. The van der Waals surface area contributed by atoms with Gasteiger partial charge in [-0.1, -0.05) is 74.4 Å². The van der Waals surface area contributed by atoms with E-state index >= 15 is 0 Å². The summed E-state index contributed by atoms with van der Waals surface area (Å²) < 4.78 is 16.8. The van der Waals surface area contributed by atoms with Crippen molar-refractivity contribution in [3.05, 3.63) is 71.3 Å². The minimum absolute atomic E-state index is 0.301. The van der Waals surface area contributed by atoms with Gasteiger partial charge in [0, 0.05) is 2.74 Å². The number of aryl methyl sites for hydroxylation is 2. The Labute approximate surface area is 132 Å². The van der Waals surface area contributed by atoms with Gasteiger partial charge in [0.2, 0.25) is 0 Å². The molecule has 0 radical (unpaired) electrons. The number of benzene rings is 2. The predicted octanol–water partition coefficient (Wildman–Crippen LogP) is 5.69. The van der Waals surface area contributed by atoms with Gasteiger partial charge < -0.3 is 0 Å². The Morgan fingerprint density at radius 1 is 0.905 bits per heavy atom. The highest BCUT2D eigenvalue weighted by atomic mass is 14.3. The van der Waals surface area contributed by atoms with E-state index < -0.39 is 6.37 Å². The van der Waals surface area contributed by atoms with Crippen LogP contribution in [0.5, 0.6) is 0 Å². The third-order valence-corrected chi connectivity index (χ3v) is 4.87. The molecule has 1 aliphatic carbocycles. The quantitative estimate of drug-likeness (QED) is 0.659. The van der Waals surface area contributed by atoms with E-state index in [-0.39, 0.29) is 0 Å². The SMILES string of the molecule is [2H]C([2H])(CCc1ccccc1)c1ccc(C2(C)CCCC2)cc1. The van der Waals surface area contributed by atoms with Crippen molar-refractivity contribution in [1.82, 2.24) is 0 Å². The molecule has 21 heavy (non-hydrogen) atoms. The van der Waals surface area contributed by atoms with E-state index in [1.165, 1.54) is 36.8 Å². The molecule has 0 bridgehead atoms. The van der Waals surface area contributed by atoms with Gasteiger partial charge in [0.25, 0.3) is 0 Å². The van der Waals surface area contributed by atoms with Crippen molar-refractivity contribution in [2.45, 2.75) is 57.2 Å². The van der Waals surface area contributed by atoms with E-state index in [1.807, 2.05) is 30.3 Å². The highest BCUT2D eigenvalue weighted by Gasteiger charge is 2.30. The van der Waals surface area contributed by atoms with E-state index in [0.29, 0.717) is 11.8 Å². The molecule has 0 spiro atoms. The summed E-state index contributed by atoms with van der Waals surface area (Å²) in [5, 5.41) is 0. The monoisotopic (exact) mass is 280 g/mol. The van der Waals surface area contributed by atoms with Gasteiger partial charge in [-0.2, -0.15) is 0 Å². The molecule has 0 N–H and O–H groups in total. The number of hydrogen-bond donors (Lipinski definition) is 0. The molecule has 0 nitrogen and oxygen atoms in total. The van der Waals surface area contributed by atoms with Crippen LogP contribution in [-0.2, 0) is 18.2 Å². The fraction of sp³-hybridized carbons (Fsp3) is 0.429. The molecule has 1 saturated carbocycles.